The van der Waals surface area contributed by atoms with Crippen LogP contribution in [-0.4, -0.2) is 49.1 Å². The summed E-state index contributed by atoms with van der Waals surface area (Å²) >= 11 is 1.32. The summed E-state index contributed by atoms with van der Waals surface area (Å²) in [6.45, 7) is 8.80. The normalized spacial score (nSPS) is 10.9. The monoisotopic (exact) mass is 314 g/mol. The minimum atomic E-state index is -0.0692. The molecule has 0 aromatic carbocycles. The Bertz CT molecular complexity index is 448. The molecule has 1 rings (SSSR count). The molecule has 6 nitrogen and oxygen atoms in total. The van der Waals surface area contributed by atoms with E-state index in [1.54, 1.807) is 12.0 Å². The summed E-state index contributed by atoms with van der Waals surface area (Å²) in [7, 11) is 1.63. The second-order valence-electron chi connectivity index (χ2n) is 5.30. The predicted octanol–water partition coefficient (Wildman–Crippen LogP) is 2.29. The Balaban J connectivity index is 2.83. The Hall–Kier alpha value is -1.34. The van der Waals surface area contributed by atoms with E-state index < -0.39 is 0 Å². The number of thiazole rings is 1. The van der Waals surface area contributed by atoms with E-state index in [4.69, 9.17) is 10.5 Å². The van der Waals surface area contributed by atoms with E-state index in [0.717, 1.165) is 13.0 Å². The van der Waals surface area contributed by atoms with Crippen molar-refractivity contribution in [3.63, 3.8) is 0 Å². The number of amides is 1. The zero-order valence-corrected chi connectivity index (χ0v) is 14.1. The molecular weight excluding hydrogens is 288 g/mol. The van der Waals surface area contributed by atoms with Crippen molar-refractivity contribution in [2.75, 3.05) is 44.4 Å². The maximum absolute atomic E-state index is 12.6. The van der Waals surface area contributed by atoms with E-state index in [1.807, 2.05) is 0 Å². The molecule has 0 saturated carbocycles. The van der Waals surface area contributed by atoms with E-state index in [9.17, 15) is 4.79 Å². The average Bonchev–Trinajstić information content (AvgIpc) is 2.81. The van der Waals surface area contributed by atoms with Gasteiger partial charge < -0.3 is 20.7 Å². The zero-order valence-electron chi connectivity index (χ0n) is 13.3. The molecular formula is C14H26N4O2S. The Morgan fingerprint density at radius 1 is 1.52 bits per heavy atom. The minimum absolute atomic E-state index is 0.0692. The number of hydrogen-bond acceptors (Lipinski definition) is 6. The molecule has 21 heavy (non-hydrogen) atoms. The first-order valence-electron chi connectivity index (χ1n) is 7.27. The van der Waals surface area contributed by atoms with E-state index in [-0.39, 0.29) is 5.91 Å². The largest absolute Gasteiger partial charge is 0.383 e. The Morgan fingerprint density at radius 3 is 2.81 bits per heavy atom. The Morgan fingerprint density at radius 2 is 2.24 bits per heavy atom. The number of anilines is 2. The molecule has 1 heterocycles. The highest BCUT2D eigenvalue weighted by Gasteiger charge is 2.22. The van der Waals surface area contributed by atoms with Crippen molar-refractivity contribution in [2.45, 2.75) is 27.2 Å². The van der Waals surface area contributed by atoms with Crippen LogP contribution in [0, 0.1) is 5.92 Å². The van der Waals surface area contributed by atoms with Crippen LogP contribution in [0.2, 0.25) is 0 Å². The SMILES string of the molecule is CCCNc1nc(N)c(C(=O)N(CCOC)CC(C)C)s1. The molecule has 0 fully saturated rings. The first kappa shape index (κ1) is 17.7. The minimum Gasteiger partial charge on any atom is -0.383 e. The Labute approximate surface area is 130 Å². The van der Waals surface area contributed by atoms with E-state index in [2.05, 4.69) is 31.1 Å². The number of carbonyl (C=O) groups excluding carboxylic acids is 1. The number of nitrogens with two attached hydrogens (primary N) is 1. The van der Waals surface area contributed by atoms with Gasteiger partial charge in [-0.05, 0) is 12.3 Å². The third kappa shape index (κ3) is 5.51. The van der Waals surface area contributed by atoms with Gasteiger partial charge in [-0.2, -0.15) is 0 Å². The third-order valence-corrected chi connectivity index (χ3v) is 3.83. The highest BCUT2D eigenvalue weighted by Crippen LogP contribution is 2.26. The molecule has 1 aromatic rings. The number of nitrogens with zero attached hydrogens (tertiary/aromatic N) is 2. The summed E-state index contributed by atoms with van der Waals surface area (Å²) in [6.07, 6.45) is 0.996. The average molecular weight is 314 g/mol. The van der Waals surface area contributed by atoms with Gasteiger partial charge in [0.05, 0.1) is 6.61 Å². The molecule has 0 aliphatic carbocycles. The summed E-state index contributed by atoms with van der Waals surface area (Å²) in [5.41, 5.74) is 5.89. The van der Waals surface area contributed by atoms with Crippen molar-refractivity contribution in [1.29, 1.82) is 0 Å². The van der Waals surface area contributed by atoms with Crippen molar-refractivity contribution in [3.05, 3.63) is 4.88 Å². The van der Waals surface area contributed by atoms with Gasteiger partial charge in [0.1, 0.15) is 10.7 Å². The van der Waals surface area contributed by atoms with Gasteiger partial charge in [-0.15, -0.1) is 0 Å². The third-order valence-electron chi connectivity index (χ3n) is 2.81. The van der Waals surface area contributed by atoms with Gasteiger partial charge in [0, 0.05) is 26.7 Å². The number of rotatable bonds is 9. The lowest BCUT2D eigenvalue weighted by Crippen LogP contribution is -2.36. The lowest BCUT2D eigenvalue weighted by Gasteiger charge is -2.23. The molecule has 7 heteroatoms. The fraction of sp³-hybridized carbons (Fsp3) is 0.714. The van der Waals surface area contributed by atoms with Gasteiger partial charge >= 0.3 is 0 Å². The molecule has 0 aliphatic rings. The van der Waals surface area contributed by atoms with Gasteiger partial charge in [0.2, 0.25) is 0 Å². The van der Waals surface area contributed by atoms with E-state index >= 15 is 0 Å². The molecule has 0 unspecified atom stereocenters. The van der Waals surface area contributed by atoms with Gasteiger partial charge in [0.15, 0.2) is 5.13 Å². The highest BCUT2D eigenvalue weighted by atomic mass is 32.1. The molecule has 0 atom stereocenters. The molecule has 0 aliphatic heterocycles. The van der Waals surface area contributed by atoms with E-state index in [1.165, 1.54) is 11.3 Å². The second-order valence-corrected chi connectivity index (χ2v) is 6.30. The van der Waals surface area contributed by atoms with Crippen LogP contribution in [0.1, 0.15) is 36.9 Å². The fourth-order valence-corrected chi connectivity index (χ4v) is 2.73. The highest BCUT2D eigenvalue weighted by molar-refractivity contribution is 7.18. The van der Waals surface area contributed by atoms with Gasteiger partial charge in [-0.1, -0.05) is 32.1 Å². The first-order chi connectivity index (χ1) is 9.99. The number of hydrogen-bond donors (Lipinski definition) is 2. The summed E-state index contributed by atoms with van der Waals surface area (Å²) in [4.78, 5) is 19.1. The summed E-state index contributed by atoms with van der Waals surface area (Å²) in [5, 5.41) is 3.87. The number of methoxy groups -OCH3 is 1. The summed E-state index contributed by atoms with van der Waals surface area (Å²) in [6, 6.07) is 0. The maximum Gasteiger partial charge on any atom is 0.267 e. The predicted molar refractivity (Wildman–Crippen MR) is 87.9 cm³/mol. The molecule has 0 saturated heterocycles. The van der Waals surface area contributed by atoms with Crippen molar-refractivity contribution in [1.82, 2.24) is 9.88 Å². The van der Waals surface area contributed by atoms with E-state index in [0.29, 0.717) is 41.4 Å². The smallest absolute Gasteiger partial charge is 0.267 e. The standard InChI is InChI=1S/C14H26N4O2S/c1-5-6-16-14-17-12(15)11(21-14)13(19)18(7-8-20-4)9-10(2)3/h10H,5-9,15H2,1-4H3,(H,16,17). The molecule has 1 amide bonds. The van der Waals surface area contributed by atoms with Gasteiger partial charge in [0.25, 0.3) is 5.91 Å². The second kappa shape index (κ2) is 8.84. The molecule has 1 aromatic heterocycles. The number of nitrogens with one attached hydrogen (secondary N) is 1. The zero-order chi connectivity index (χ0) is 15.8. The lowest BCUT2D eigenvalue weighted by atomic mass is 10.2. The topological polar surface area (TPSA) is 80.5 Å². The maximum atomic E-state index is 12.6. The first-order valence-corrected chi connectivity index (χ1v) is 8.09. The van der Waals surface area contributed by atoms with Crippen LogP contribution in [0.5, 0.6) is 0 Å². The van der Waals surface area contributed by atoms with Crippen molar-refractivity contribution >= 4 is 28.2 Å². The lowest BCUT2D eigenvalue weighted by molar-refractivity contribution is 0.0678. The number of aromatic nitrogens is 1. The van der Waals surface area contributed by atoms with Crippen LogP contribution in [0.3, 0.4) is 0 Å². The summed E-state index contributed by atoms with van der Waals surface area (Å²) in [5.74, 6) is 0.618. The van der Waals surface area contributed by atoms with Crippen LogP contribution in [0.25, 0.3) is 0 Å². The molecule has 120 valence electrons. The molecule has 0 radical (unpaired) electrons. The van der Waals surface area contributed by atoms with Gasteiger partial charge in [-0.25, -0.2) is 4.98 Å². The number of ether oxygens (including phenoxy) is 1. The van der Waals surface area contributed by atoms with Crippen molar-refractivity contribution in [2.24, 2.45) is 5.92 Å². The van der Waals surface area contributed by atoms with Crippen LogP contribution in [-0.2, 0) is 4.74 Å². The quantitative estimate of drug-likeness (QED) is 0.731. The van der Waals surface area contributed by atoms with Crippen LogP contribution < -0.4 is 11.1 Å². The number of nitrogen functional groups attached to an aromatic ring is 1. The Kier molecular flexibility index (Phi) is 7.45. The van der Waals surface area contributed by atoms with Crippen LogP contribution >= 0.6 is 11.3 Å². The molecule has 3 N–H and O–H groups in total. The molecule has 0 spiro atoms. The fourth-order valence-electron chi connectivity index (χ4n) is 1.85. The van der Waals surface area contributed by atoms with Gasteiger partial charge in [-0.3, -0.25) is 4.79 Å². The molecule has 0 bridgehead atoms. The number of carbonyl (C=O) groups is 1. The van der Waals surface area contributed by atoms with Crippen molar-refractivity contribution in [3.8, 4) is 0 Å². The van der Waals surface area contributed by atoms with Crippen molar-refractivity contribution < 1.29 is 9.53 Å². The summed E-state index contributed by atoms with van der Waals surface area (Å²) < 4.78 is 5.08. The van der Waals surface area contributed by atoms with Crippen LogP contribution in [0.15, 0.2) is 0 Å². The van der Waals surface area contributed by atoms with Crippen LogP contribution in [0.4, 0.5) is 10.9 Å².